The van der Waals surface area contributed by atoms with Crippen LogP contribution in [0.4, 0.5) is 0 Å². The Labute approximate surface area is 105 Å². The highest BCUT2D eigenvalue weighted by molar-refractivity contribution is 5.36. The Morgan fingerprint density at radius 1 is 1.12 bits per heavy atom. The van der Waals surface area contributed by atoms with Gasteiger partial charge in [-0.3, -0.25) is 4.90 Å². The van der Waals surface area contributed by atoms with Gasteiger partial charge in [-0.25, -0.2) is 0 Å². The fourth-order valence-corrected chi connectivity index (χ4v) is 2.91. The molecule has 0 radical (unpaired) electrons. The molecule has 0 N–H and O–H groups in total. The summed E-state index contributed by atoms with van der Waals surface area (Å²) in [5.41, 5.74) is 1.34. The number of benzene rings is 1. The zero-order valence-corrected chi connectivity index (χ0v) is 11.1. The number of ether oxygens (including phenoxy) is 1. The van der Waals surface area contributed by atoms with Crippen molar-refractivity contribution in [1.29, 1.82) is 0 Å². The van der Waals surface area contributed by atoms with Crippen molar-refractivity contribution in [3.8, 4) is 5.75 Å². The van der Waals surface area contributed by atoms with Crippen LogP contribution in [0.1, 0.15) is 38.3 Å². The van der Waals surface area contributed by atoms with Crippen molar-refractivity contribution in [2.45, 2.75) is 32.7 Å². The number of likely N-dealkylation sites (tertiary alicyclic amines) is 1. The second-order valence-electron chi connectivity index (χ2n) is 5.17. The molecule has 0 aromatic heterocycles. The van der Waals surface area contributed by atoms with Crippen LogP contribution in [0.3, 0.4) is 0 Å². The van der Waals surface area contributed by atoms with E-state index in [9.17, 15) is 0 Å². The summed E-state index contributed by atoms with van der Waals surface area (Å²) in [4.78, 5) is 2.60. The molecule has 2 nitrogen and oxygen atoms in total. The first-order valence-corrected chi connectivity index (χ1v) is 6.61. The molecule has 1 fully saturated rings. The first kappa shape index (κ1) is 12.4. The molecule has 1 aliphatic heterocycles. The molecule has 2 heteroatoms. The van der Waals surface area contributed by atoms with Crippen molar-refractivity contribution in [2.75, 3.05) is 20.2 Å². The van der Waals surface area contributed by atoms with Crippen molar-refractivity contribution >= 4 is 0 Å². The largest absolute Gasteiger partial charge is 0.496 e. The maximum absolute atomic E-state index is 5.51. The molecular formula is C15H23NO. The Kier molecular flexibility index (Phi) is 4.06. The van der Waals surface area contributed by atoms with Gasteiger partial charge in [0.05, 0.1) is 7.11 Å². The van der Waals surface area contributed by atoms with Crippen LogP contribution in [0.2, 0.25) is 0 Å². The topological polar surface area (TPSA) is 12.5 Å². The molecule has 0 aliphatic carbocycles. The molecule has 1 unspecified atom stereocenters. The van der Waals surface area contributed by atoms with Gasteiger partial charge in [0.25, 0.3) is 0 Å². The highest BCUT2D eigenvalue weighted by Gasteiger charge is 2.27. The smallest absolute Gasteiger partial charge is 0.123 e. The van der Waals surface area contributed by atoms with E-state index in [0.717, 1.165) is 5.75 Å². The molecule has 0 saturated carbocycles. The van der Waals surface area contributed by atoms with Gasteiger partial charge in [-0.15, -0.1) is 0 Å². The average molecular weight is 233 g/mol. The summed E-state index contributed by atoms with van der Waals surface area (Å²) in [6.45, 7) is 7.05. The number of hydrogen-bond donors (Lipinski definition) is 0. The van der Waals surface area contributed by atoms with Crippen molar-refractivity contribution in [2.24, 2.45) is 5.92 Å². The molecule has 2 rings (SSSR count). The summed E-state index contributed by atoms with van der Waals surface area (Å²) in [5, 5.41) is 0. The van der Waals surface area contributed by atoms with Crippen LogP contribution < -0.4 is 4.74 Å². The van der Waals surface area contributed by atoms with Crippen LogP contribution in [-0.2, 0) is 0 Å². The second-order valence-corrected chi connectivity index (χ2v) is 5.17. The van der Waals surface area contributed by atoms with E-state index in [1.54, 1.807) is 7.11 Å². The van der Waals surface area contributed by atoms with E-state index in [-0.39, 0.29) is 0 Å². The van der Waals surface area contributed by atoms with Gasteiger partial charge >= 0.3 is 0 Å². The average Bonchev–Trinajstić information content (AvgIpc) is 2.83. The zero-order valence-electron chi connectivity index (χ0n) is 11.1. The van der Waals surface area contributed by atoms with E-state index in [1.165, 1.54) is 31.5 Å². The van der Waals surface area contributed by atoms with Crippen molar-refractivity contribution < 1.29 is 4.74 Å². The SMILES string of the molecule is COc1ccccc1C(C(C)C)N1CCCC1. The van der Waals surface area contributed by atoms with Gasteiger partial charge in [0.15, 0.2) is 0 Å². The van der Waals surface area contributed by atoms with Crippen LogP contribution in [0.5, 0.6) is 5.75 Å². The summed E-state index contributed by atoms with van der Waals surface area (Å²) in [5.74, 6) is 1.64. The van der Waals surface area contributed by atoms with Gasteiger partial charge in [-0.05, 0) is 37.9 Å². The van der Waals surface area contributed by atoms with E-state index in [1.807, 2.05) is 6.07 Å². The minimum Gasteiger partial charge on any atom is -0.496 e. The summed E-state index contributed by atoms with van der Waals surface area (Å²) in [6, 6.07) is 8.93. The summed E-state index contributed by atoms with van der Waals surface area (Å²) in [6.07, 6.45) is 2.66. The fraction of sp³-hybridized carbons (Fsp3) is 0.600. The van der Waals surface area contributed by atoms with E-state index in [4.69, 9.17) is 4.74 Å². The number of methoxy groups -OCH3 is 1. The quantitative estimate of drug-likeness (QED) is 0.789. The molecule has 0 amide bonds. The predicted molar refractivity (Wildman–Crippen MR) is 71.4 cm³/mol. The monoisotopic (exact) mass is 233 g/mol. The lowest BCUT2D eigenvalue weighted by Gasteiger charge is -2.32. The predicted octanol–water partition coefficient (Wildman–Crippen LogP) is 3.49. The third-order valence-electron chi connectivity index (χ3n) is 3.62. The number of hydrogen-bond acceptors (Lipinski definition) is 2. The Bertz CT molecular complexity index is 356. The van der Waals surface area contributed by atoms with Crippen LogP contribution in [0.25, 0.3) is 0 Å². The molecule has 1 atom stereocenters. The lowest BCUT2D eigenvalue weighted by Crippen LogP contribution is -2.29. The highest BCUT2D eigenvalue weighted by atomic mass is 16.5. The fourth-order valence-electron chi connectivity index (χ4n) is 2.91. The first-order chi connectivity index (χ1) is 8.24. The van der Waals surface area contributed by atoms with Gasteiger partial charge in [-0.2, -0.15) is 0 Å². The second kappa shape index (κ2) is 5.54. The van der Waals surface area contributed by atoms with Crippen LogP contribution in [0.15, 0.2) is 24.3 Å². The van der Waals surface area contributed by atoms with Crippen LogP contribution >= 0.6 is 0 Å². The third kappa shape index (κ3) is 2.63. The van der Waals surface area contributed by atoms with Gasteiger partial charge in [0.1, 0.15) is 5.75 Å². The molecule has 1 aliphatic rings. The molecule has 94 valence electrons. The molecule has 1 saturated heterocycles. The Hall–Kier alpha value is -1.02. The summed E-state index contributed by atoms with van der Waals surface area (Å²) >= 11 is 0. The van der Waals surface area contributed by atoms with E-state index >= 15 is 0 Å². The van der Waals surface area contributed by atoms with E-state index < -0.39 is 0 Å². The first-order valence-electron chi connectivity index (χ1n) is 6.61. The Morgan fingerprint density at radius 3 is 2.35 bits per heavy atom. The van der Waals surface area contributed by atoms with E-state index in [0.29, 0.717) is 12.0 Å². The lowest BCUT2D eigenvalue weighted by molar-refractivity contribution is 0.189. The highest BCUT2D eigenvalue weighted by Crippen LogP contribution is 2.36. The standard InChI is InChI=1S/C15H23NO/c1-12(2)15(16-10-6-7-11-16)13-8-4-5-9-14(13)17-3/h4-5,8-9,12,15H,6-7,10-11H2,1-3H3. The maximum Gasteiger partial charge on any atom is 0.123 e. The van der Waals surface area contributed by atoms with Gasteiger partial charge in [-0.1, -0.05) is 32.0 Å². The van der Waals surface area contributed by atoms with Gasteiger partial charge in [0, 0.05) is 11.6 Å². The Morgan fingerprint density at radius 2 is 1.76 bits per heavy atom. The van der Waals surface area contributed by atoms with E-state index in [2.05, 4.69) is 36.9 Å². The van der Waals surface area contributed by atoms with Crippen molar-refractivity contribution in [1.82, 2.24) is 4.90 Å². The van der Waals surface area contributed by atoms with Gasteiger partial charge < -0.3 is 4.74 Å². The summed E-state index contributed by atoms with van der Waals surface area (Å²) in [7, 11) is 1.76. The third-order valence-corrected chi connectivity index (χ3v) is 3.62. The molecule has 1 heterocycles. The van der Waals surface area contributed by atoms with Gasteiger partial charge in [0.2, 0.25) is 0 Å². The normalized spacial score (nSPS) is 18.6. The van der Waals surface area contributed by atoms with Crippen LogP contribution in [0, 0.1) is 5.92 Å². The minimum atomic E-state index is 0.494. The summed E-state index contributed by atoms with van der Waals surface area (Å²) < 4.78 is 5.51. The molecular weight excluding hydrogens is 210 g/mol. The molecule has 0 spiro atoms. The molecule has 17 heavy (non-hydrogen) atoms. The zero-order chi connectivity index (χ0) is 12.3. The lowest BCUT2D eigenvalue weighted by atomic mass is 9.94. The molecule has 0 bridgehead atoms. The number of para-hydroxylation sites is 1. The minimum absolute atomic E-state index is 0.494. The van der Waals surface area contributed by atoms with Crippen molar-refractivity contribution in [3.05, 3.63) is 29.8 Å². The number of rotatable bonds is 4. The Balaban J connectivity index is 2.31. The van der Waals surface area contributed by atoms with Crippen LogP contribution in [-0.4, -0.2) is 25.1 Å². The maximum atomic E-state index is 5.51. The molecule has 1 aromatic carbocycles. The molecule has 1 aromatic rings. The van der Waals surface area contributed by atoms with Crippen molar-refractivity contribution in [3.63, 3.8) is 0 Å². The number of nitrogens with zero attached hydrogens (tertiary/aromatic N) is 1.